The molecule has 0 aromatic heterocycles. The fourth-order valence-electron chi connectivity index (χ4n) is 1.46. The van der Waals surface area contributed by atoms with Gasteiger partial charge in [0.2, 0.25) is 0 Å². The first-order chi connectivity index (χ1) is 8.29. The monoisotopic (exact) mass is 276 g/mol. The van der Waals surface area contributed by atoms with E-state index in [9.17, 15) is 22.0 Å². The predicted octanol–water partition coefficient (Wildman–Crippen LogP) is 3.90. The summed E-state index contributed by atoms with van der Waals surface area (Å²) in [5, 5.41) is 0. The van der Waals surface area contributed by atoms with Gasteiger partial charge < -0.3 is 9.47 Å². The standard InChI is InChI=1S/C11H17F5O2/c12-10(13,14)5-3-1-2-4-6-11(15,16)18-8-9-7-17-9/h9H,1-8H2. The third-order valence-corrected chi connectivity index (χ3v) is 2.56. The van der Waals surface area contributed by atoms with Gasteiger partial charge in [-0.05, 0) is 12.8 Å². The molecule has 0 radical (unpaired) electrons. The van der Waals surface area contributed by atoms with Crippen molar-refractivity contribution in [2.45, 2.75) is 56.9 Å². The van der Waals surface area contributed by atoms with E-state index >= 15 is 0 Å². The van der Waals surface area contributed by atoms with E-state index in [4.69, 9.17) is 4.74 Å². The maximum Gasteiger partial charge on any atom is 0.389 e. The molecule has 0 saturated carbocycles. The van der Waals surface area contributed by atoms with Crippen LogP contribution < -0.4 is 0 Å². The lowest BCUT2D eigenvalue weighted by Gasteiger charge is -2.16. The summed E-state index contributed by atoms with van der Waals surface area (Å²) in [6.07, 6.45) is -8.06. The second kappa shape index (κ2) is 6.65. The average Bonchev–Trinajstić information content (AvgIpc) is 3.02. The van der Waals surface area contributed by atoms with Crippen molar-refractivity contribution < 1.29 is 31.4 Å². The summed E-state index contributed by atoms with van der Waals surface area (Å²) >= 11 is 0. The summed E-state index contributed by atoms with van der Waals surface area (Å²) in [7, 11) is 0. The van der Waals surface area contributed by atoms with Gasteiger partial charge in [0.15, 0.2) is 0 Å². The summed E-state index contributed by atoms with van der Waals surface area (Å²) in [6, 6.07) is 0. The first kappa shape index (κ1) is 15.6. The second-order valence-electron chi connectivity index (χ2n) is 4.43. The van der Waals surface area contributed by atoms with Crippen LogP contribution in [0.5, 0.6) is 0 Å². The molecular formula is C11H17F5O2. The molecule has 1 heterocycles. The first-order valence-electron chi connectivity index (χ1n) is 5.99. The molecule has 0 aromatic carbocycles. The Morgan fingerprint density at radius 1 is 0.944 bits per heavy atom. The zero-order chi connectivity index (χ0) is 13.6. The highest BCUT2D eigenvalue weighted by Gasteiger charge is 2.33. The van der Waals surface area contributed by atoms with Crippen molar-refractivity contribution in [1.82, 2.24) is 0 Å². The SMILES string of the molecule is FC(F)(F)CCCCCCC(F)(F)OCC1CO1. The molecule has 1 rings (SSSR count). The van der Waals surface area contributed by atoms with Gasteiger partial charge in [0.25, 0.3) is 0 Å². The van der Waals surface area contributed by atoms with E-state index in [2.05, 4.69) is 4.74 Å². The summed E-state index contributed by atoms with van der Waals surface area (Å²) in [5.41, 5.74) is 0. The van der Waals surface area contributed by atoms with Crippen molar-refractivity contribution in [3.63, 3.8) is 0 Å². The van der Waals surface area contributed by atoms with Crippen LogP contribution in [0.3, 0.4) is 0 Å². The molecule has 1 atom stereocenters. The van der Waals surface area contributed by atoms with Crippen molar-refractivity contribution in [2.24, 2.45) is 0 Å². The number of epoxide rings is 1. The largest absolute Gasteiger partial charge is 0.389 e. The van der Waals surface area contributed by atoms with Crippen LogP contribution in [0.1, 0.15) is 38.5 Å². The molecule has 0 bridgehead atoms. The Labute approximate surface area is 102 Å². The number of hydrogen-bond donors (Lipinski definition) is 0. The van der Waals surface area contributed by atoms with Crippen LogP contribution in [0.2, 0.25) is 0 Å². The van der Waals surface area contributed by atoms with Crippen molar-refractivity contribution in [3.8, 4) is 0 Å². The minimum absolute atomic E-state index is 0.00809. The lowest BCUT2D eigenvalue weighted by molar-refractivity contribution is -0.244. The highest BCUT2D eigenvalue weighted by atomic mass is 19.4. The Kier molecular flexibility index (Phi) is 5.78. The summed E-state index contributed by atoms with van der Waals surface area (Å²) in [6.45, 7) is 0.328. The van der Waals surface area contributed by atoms with E-state index in [1.807, 2.05) is 0 Å². The van der Waals surface area contributed by atoms with Crippen LogP contribution in [-0.4, -0.2) is 31.6 Å². The van der Waals surface area contributed by atoms with E-state index < -0.39 is 25.1 Å². The van der Waals surface area contributed by atoms with Gasteiger partial charge in [-0.25, -0.2) is 0 Å². The van der Waals surface area contributed by atoms with E-state index in [1.54, 1.807) is 0 Å². The van der Waals surface area contributed by atoms with Crippen LogP contribution in [0.4, 0.5) is 22.0 Å². The van der Waals surface area contributed by atoms with Gasteiger partial charge >= 0.3 is 12.3 Å². The topological polar surface area (TPSA) is 21.8 Å². The molecule has 2 nitrogen and oxygen atoms in total. The molecule has 108 valence electrons. The molecule has 1 aliphatic rings. The molecule has 18 heavy (non-hydrogen) atoms. The fourth-order valence-corrected chi connectivity index (χ4v) is 1.46. The van der Waals surface area contributed by atoms with Gasteiger partial charge in [-0.3, -0.25) is 0 Å². The number of alkyl halides is 5. The molecule has 1 unspecified atom stereocenters. The van der Waals surface area contributed by atoms with Crippen LogP contribution in [0.25, 0.3) is 0 Å². The van der Waals surface area contributed by atoms with Gasteiger partial charge in [0.05, 0.1) is 13.2 Å². The van der Waals surface area contributed by atoms with E-state index in [0.717, 1.165) is 0 Å². The minimum Gasteiger partial charge on any atom is -0.371 e. The van der Waals surface area contributed by atoms with Crippen LogP contribution in [0.15, 0.2) is 0 Å². The molecule has 0 N–H and O–H groups in total. The number of unbranched alkanes of at least 4 members (excludes halogenated alkanes) is 3. The van der Waals surface area contributed by atoms with Crippen LogP contribution in [-0.2, 0) is 9.47 Å². The average molecular weight is 276 g/mol. The number of halogens is 5. The normalized spacial score (nSPS) is 20.2. The van der Waals surface area contributed by atoms with Gasteiger partial charge in [-0.15, -0.1) is 0 Å². The molecular weight excluding hydrogens is 259 g/mol. The third-order valence-electron chi connectivity index (χ3n) is 2.56. The van der Waals surface area contributed by atoms with E-state index in [0.29, 0.717) is 19.4 Å². The lowest BCUT2D eigenvalue weighted by Crippen LogP contribution is -2.23. The number of ether oxygens (including phenoxy) is 2. The van der Waals surface area contributed by atoms with Crippen molar-refractivity contribution in [2.75, 3.05) is 13.2 Å². The molecule has 1 aliphatic heterocycles. The summed E-state index contributed by atoms with van der Waals surface area (Å²) in [5.74, 6) is 0. The summed E-state index contributed by atoms with van der Waals surface area (Å²) < 4.78 is 70.6. The van der Waals surface area contributed by atoms with Gasteiger partial charge in [0, 0.05) is 12.8 Å². The maximum absolute atomic E-state index is 13.1. The van der Waals surface area contributed by atoms with Crippen LogP contribution in [0, 0.1) is 0 Å². The molecule has 7 heteroatoms. The Bertz CT molecular complexity index is 238. The van der Waals surface area contributed by atoms with Gasteiger partial charge in [-0.1, -0.05) is 12.8 Å². The molecule has 0 aromatic rings. The lowest BCUT2D eigenvalue weighted by atomic mass is 10.1. The highest BCUT2D eigenvalue weighted by molar-refractivity contribution is 4.68. The Hall–Kier alpha value is -0.430. The van der Waals surface area contributed by atoms with Gasteiger partial charge in [0.1, 0.15) is 6.10 Å². The zero-order valence-electron chi connectivity index (χ0n) is 9.94. The molecule has 1 saturated heterocycles. The van der Waals surface area contributed by atoms with E-state index in [1.165, 1.54) is 0 Å². The third kappa shape index (κ3) is 8.63. The maximum atomic E-state index is 13.1. The number of rotatable bonds is 9. The van der Waals surface area contributed by atoms with Gasteiger partial charge in [-0.2, -0.15) is 22.0 Å². The highest BCUT2D eigenvalue weighted by Crippen LogP contribution is 2.27. The first-order valence-corrected chi connectivity index (χ1v) is 5.99. The fraction of sp³-hybridized carbons (Fsp3) is 1.00. The predicted molar refractivity (Wildman–Crippen MR) is 54.4 cm³/mol. The Morgan fingerprint density at radius 2 is 1.50 bits per heavy atom. The quantitative estimate of drug-likeness (QED) is 0.362. The van der Waals surface area contributed by atoms with Crippen molar-refractivity contribution in [3.05, 3.63) is 0 Å². The molecule has 0 aliphatic carbocycles. The smallest absolute Gasteiger partial charge is 0.371 e. The van der Waals surface area contributed by atoms with Crippen molar-refractivity contribution in [1.29, 1.82) is 0 Å². The zero-order valence-corrected chi connectivity index (χ0v) is 9.94. The molecule has 1 fully saturated rings. The Balaban J connectivity index is 1.95. The molecule has 0 amide bonds. The van der Waals surface area contributed by atoms with E-state index in [-0.39, 0.29) is 25.6 Å². The minimum atomic E-state index is -4.16. The summed E-state index contributed by atoms with van der Waals surface area (Å²) in [4.78, 5) is 0. The van der Waals surface area contributed by atoms with Crippen molar-refractivity contribution >= 4 is 0 Å². The number of hydrogen-bond acceptors (Lipinski definition) is 2. The molecule has 0 spiro atoms. The Morgan fingerprint density at radius 3 is 2.00 bits per heavy atom. The second-order valence-corrected chi connectivity index (χ2v) is 4.43. The van der Waals surface area contributed by atoms with Crippen LogP contribution >= 0.6 is 0 Å².